The number of benzene rings is 2. The van der Waals surface area contributed by atoms with Crippen LogP contribution in [0.5, 0.6) is 0 Å². The van der Waals surface area contributed by atoms with Crippen molar-refractivity contribution in [3.05, 3.63) is 62.6 Å². The Hall–Kier alpha value is -1.60. The van der Waals surface area contributed by atoms with E-state index < -0.39 is 10.0 Å². The van der Waals surface area contributed by atoms with Gasteiger partial charge in [-0.3, -0.25) is 4.79 Å². The summed E-state index contributed by atoms with van der Waals surface area (Å²) < 4.78 is 28.6. The van der Waals surface area contributed by atoms with Crippen LogP contribution in [0.2, 0.25) is 10.0 Å². The van der Waals surface area contributed by atoms with Gasteiger partial charge in [0, 0.05) is 12.6 Å². The third-order valence-electron chi connectivity index (χ3n) is 4.99. The van der Waals surface area contributed by atoms with Gasteiger partial charge in [-0.05, 0) is 62.9 Å². The van der Waals surface area contributed by atoms with Gasteiger partial charge in [0.2, 0.25) is 15.9 Å². The van der Waals surface area contributed by atoms with Crippen LogP contribution in [0.3, 0.4) is 0 Å². The molecule has 0 bridgehead atoms. The molecule has 0 saturated carbocycles. The highest BCUT2D eigenvalue weighted by molar-refractivity contribution is 7.89. The number of carbonyl (C=O) groups excluding carboxylic acids is 1. The summed E-state index contributed by atoms with van der Waals surface area (Å²) in [6, 6.07) is 8.59. The minimum Gasteiger partial charge on any atom is -0.353 e. The summed E-state index contributed by atoms with van der Waals surface area (Å²) in [5.41, 5.74) is 2.93. The first-order chi connectivity index (χ1) is 14.4. The van der Waals surface area contributed by atoms with Crippen molar-refractivity contribution in [2.24, 2.45) is 0 Å². The molecule has 1 N–H and O–H groups in total. The van der Waals surface area contributed by atoms with Crippen molar-refractivity contribution in [3.63, 3.8) is 0 Å². The Morgan fingerprint density at radius 3 is 2.23 bits per heavy atom. The fourth-order valence-corrected chi connectivity index (χ4v) is 5.87. The van der Waals surface area contributed by atoms with Crippen LogP contribution in [0.15, 0.2) is 35.2 Å². The van der Waals surface area contributed by atoms with E-state index in [2.05, 4.69) is 5.32 Å². The molecule has 0 aliphatic carbocycles. The number of sulfonamides is 1. The molecule has 8 heteroatoms. The van der Waals surface area contributed by atoms with Crippen LogP contribution in [0.25, 0.3) is 0 Å². The molecular formula is C23H30Cl2N2O3S. The molecule has 0 spiro atoms. The van der Waals surface area contributed by atoms with E-state index in [1.165, 1.54) is 4.31 Å². The first-order valence-electron chi connectivity index (χ1n) is 10.3. The van der Waals surface area contributed by atoms with Crippen molar-refractivity contribution in [2.45, 2.75) is 64.9 Å². The summed E-state index contributed by atoms with van der Waals surface area (Å²) in [5, 5.41) is 3.61. The molecule has 1 amide bonds. The number of nitrogens with one attached hydrogen (secondary N) is 1. The van der Waals surface area contributed by atoms with Crippen LogP contribution in [0, 0.1) is 20.8 Å². The molecule has 0 radical (unpaired) electrons. The molecule has 2 aromatic rings. The Balaban J connectivity index is 2.45. The maximum absolute atomic E-state index is 13.7. The summed E-state index contributed by atoms with van der Waals surface area (Å²) in [5.74, 6) is -0.341. The lowest BCUT2D eigenvalue weighted by atomic mass is 10.1. The summed E-state index contributed by atoms with van der Waals surface area (Å²) in [4.78, 5) is 12.9. The predicted octanol–water partition coefficient (Wildman–Crippen LogP) is 5.41. The fourth-order valence-electron chi connectivity index (χ4n) is 3.76. The highest BCUT2D eigenvalue weighted by atomic mass is 35.5. The molecule has 1 atom stereocenters. The Kier molecular flexibility index (Phi) is 8.95. The maximum atomic E-state index is 13.7. The standard InChI is InChI=1S/C23H30Cl2N2O3S/c1-6-7-18(5)26-22(28)14-27(13-19-8-9-20(24)21(25)12-19)31(29,30)23-16(3)10-15(2)11-17(23)4/h8-12,18H,6-7,13-14H2,1-5H3,(H,26,28). The second-order valence-electron chi connectivity index (χ2n) is 8.01. The van der Waals surface area contributed by atoms with E-state index in [1.807, 2.05) is 32.9 Å². The smallest absolute Gasteiger partial charge is 0.244 e. The lowest BCUT2D eigenvalue weighted by molar-refractivity contribution is -0.122. The van der Waals surface area contributed by atoms with Crippen molar-refractivity contribution in [2.75, 3.05) is 6.54 Å². The highest BCUT2D eigenvalue weighted by Gasteiger charge is 2.30. The molecule has 0 fully saturated rings. The first kappa shape index (κ1) is 25.7. The van der Waals surface area contributed by atoms with Crippen LogP contribution in [-0.4, -0.2) is 31.2 Å². The van der Waals surface area contributed by atoms with Crippen molar-refractivity contribution in [1.29, 1.82) is 0 Å². The topological polar surface area (TPSA) is 66.5 Å². The van der Waals surface area contributed by atoms with Crippen LogP contribution in [-0.2, 0) is 21.4 Å². The van der Waals surface area contributed by atoms with Gasteiger partial charge in [0.15, 0.2) is 0 Å². The van der Waals surface area contributed by atoms with E-state index in [9.17, 15) is 13.2 Å². The Bertz CT molecular complexity index is 1030. The van der Waals surface area contributed by atoms with Crippen LogP contribution in [0.4, 0.5) is 0 Å². The summed E-state index contributed by atoms with van der Waals surface area (Å²) in [7, 11) is -3.95. The van der Waals surface area contributed by atoms with E-state index >= 15 is 0 Å². The number of hydrogen-bond donors (Lipinski definition) is 1. The largest absolute Gasteiger partial charge is 0.353 e. The lowest BCUT2D eigenvalue weighted by Crippen LogP contribution is -2.43. The van der Waals surface area contributed by atoms with E-state index in [1.54, 1.807) is 32.0 Å². The second-order valence-corrected chi connectivity index (χ2v) is 10.7. The van der Waals surface area contributed by atoms with Gasteiger partial charge in [0.1, 0.15) is 0 Å². The zero-order chi connectivity index (χ0) is 23.3. The second kappa shape index (κ2) is 10.8. The molecule has 5 nitrogen and oxygen atoms in total. The molecule has 0 aromatic heterocycles. The minimum atomic E-state index is -3.95. The number of aryl methyl sites for hydroxylation is 3. The Morgan fingerprint density at radius 1 is 1.06 bits per heavy atom. The number of hydrogen-bond acceptors (Lipinski definition) is 3. The monoisotopic (exact) mass is 484 g/mol. The molecular weight excluding hydrogens is 455 g/mol. The summed E-state index contributed by atoms with van der Waals surface area (Å²) in [6.07, 6.45) is 1.75. The van der Waals surface area contributed by atoms with E-state index in [0.717, 1.165) is 18.4 Å². The third-order valence-corrected chi connectivity index (χ3v) is 7.83. The zero-order valence-electron chi connectivity index (χ0n) is 18.6. The average molecular weight is 485 g/mol. The molecule has 0 saturated heterocycles. The van der Waals surface area contributed by atoms with Gasteiger partial charge >= 0.3 is 0 Å². The van der Waals surface area contributed by atoms with Gasteiger partial charge in [-0.15, -0.1) is 0 Å². The van der Waals surface area contributed by atoms with Gasteiger partial charge in [0.25, 0.3) is 0 Å². The van der Waals surface area contributed by atoms with Gasteiger partial charge in [-0.2, -0.15) is 4.31 Å². The third kappa shape index (κ3) is 6.69. The maximum Gasteiger partial charge on any atom is 0.244 e. The van der Waals surface area contributed by atoms with Crippen LogP contribution in [0.1, 0.15) is 48.9 Å². The highest BCUT2D eigenvalue weighted by Crippen LogP contribution is 2.28. The van der Waals surface area contributed by atoms with Gasteiger partial charge < -0.3 is 5.32 Å². The van der Waals surface area contributed by atoms with E-state index in [-0.39, 0.29) is 29.9 Å². The predicted molar refractivity (Wildman–Crippen MR) is 127 cm³/mol. The molecule has 2 rings (SSSR count). The lowest BCUT2D eigenvalue weighted by Gasteiger charge is -2.25. The molecule has 170 valence electrons. The first-order valence-corrected chi connectivity index (χ1v) is 12.5. The number of rotatable bonds is 9. The fraction of sp³-hybridized carbons (Fsp3) is 0.435. The molecule has 31 heavy (non-hydrogen) atoms. The number of nitrogens with zero attached hydrogens (tertiary/aromatic N) is 1. The molecule has 0 aliphatic rings. The van der Waals surface area contributed by atoms with Gasteiger partial charge in [-0.1, -0.05) is 60.3 Å². The van der Waals surface area contributed by atoms with Gasteiger partial charge in [0.05, 0.1) is 21.5 Å². The van der Waals surface area contributed by atoms with Crippen LogP contribution >= 0.6 is 23.2 Å². The summed E-state index contributed by atoms with van der Waals surface area (Å²) >= 11 is 12.1. The quantitative estimate of drug-likeness (QED) is 0.516. The van der Waals surface area contributed by atoms with Crippen molar-refractivity contribution in [1.82, 2.24) is 9.62 Å². The molecule has 2 aromatic carbocycles. The number of amides is 1. The van der Waals surface area contributed by atoms with Crippen molar-refractivity contribution >= 4 is 39.1 Å². The molecule has 1 unspecified atom stereocenters. The number of halogens is 2. The van der Waals surface area contributed by atoms with Crippen LogP contribution < -0.4 is 5.32 Å². The SMILES string of the molecule is CCCC(C)NC(=O)CN(Cc1ccc(Cl)c(Cl)c1)S(=O)(=O)c1c(C)cc(C)cc1C. The Morgan fingerprint density at radius 2 is 1.68 bits per heavy atom. The zero-order valence-corrected chi connectivity index (χ0v) is 21.0. The van der Waals surface area contributed by atoms with Gasteiger partial charge in [-0.25, -0.2) is 8.42 Å². The Labute approximate surface area is 195 Å². The number of carbonyl (C=O) groups is 1. The minimum absolute atomic E-state index is 0.00155. The van der Waals surface area contributed by atoms with E-state index in [0.29, 0.717) is 26.7 Å². The summed E-state index contributed by atoms with van der Waals surface area (Å²) in [6.45, 7) is 9.12. The molecule has 0 heterocycles. The average Bonchev–Trinajstić information content (AvgIpc) is 2.63. The van der Waals surface area contributed by atoms with Crippen molar-refractivity contribution in [3.8, 4) is 0 Å². The van der Waals surface area contributed by atoms with E-state index in [4.69, 9.17) is 23.2 Å². The molecule has 0 aliphatic heterocycles. The van der Waals surface area contributed by atoms with Crippen molar-refractivity contribution < 1.29 is 13.2 Å². The normalized spacial score (nSPS) is 12.8.